The van der Waals surface area contributed by atoms with Crippen LogP contribution >= 0.6 is 11.7 Å². The van der Waals surface area contributed by atoms with Crippen LogP contribution in [0.25, 0.3) is 11.0 Å². The van der Waals surface area contributed by atoms with Gasteiger partial charge in [-0.2, -0.15) is 26.9 Å². The lowest BCUT2D eigenvalue weighted by Gasteiger charge is -2.32. The molecule has 0 bridgehead atoms. The summed E-state index contributed by atoms with van der Waals surface area (Å²) >= 11 is 1.07. The lowest BCUT2D eigenvalue weighted by molar-refractivity contribution is -0.141. The molecule has 1 aliphatic heterocycles. The average molecular weight is 409 g/mol. The van der Waals surface area contributed by atoms with E-state index >= 15 is 0 Å². The van der Waals surface area contributed by atoms with E-state index in [2.05, 4.69) is 18.7 Å². The van der Waals surface area contributed by atoms with Crippen LogP contribution in [0.2, 0.25) is 0 Å². The topological polar surface area (TPSA) is 81.1 Å². The summed E-state index contributed by atoms with van der Waals surface area (Å²) in [5.41, 5.74) is 0.795. The Morgan fingerprint density at radius 1 is 1.21 bits per heavy atom. The van der Waals surface area contributed by atoms with E-state index in [1.165, 1.54) is 0 Å². The predicted molar refractivity (Wildman–Crippen MR) is 94.0 cm³/mol. The van der Waals surface area contributed by atoms with Crippen LogP contribution in [-0.4, -0.2) is 48.7 Å². The number of rotatable bonds is 3. The van der Waals surface area contributed by atoms with E-state index in [-0.39, 0.29) is 18.5 Å². The molecule has 28 heavy (non-hydrogen) atoms. The Morgan fingerprint density at radius 3 is 2.86 bits per heavy atom. The summed E-state index contributed by atoms with van der Waals surface area (Å²) in [7, 11) is 0. The fourth-order valence-electron chi connectivity index (χ4n) is 3.02. The predicted octanol–water partition coefficient (Wildman–Crippen LogP) is 3.18. The van der Waals surface area contributed by atoms with Gasteiger partial charge in [-0.15, -0.1) is 0 Å². The maximum atomic E-state index is 12.8. The van der Waals surface area contributed by atoms with E-state index in [0.29, 0.717) is 30.5 Å². The quantitative estimate of drug-likeness (QED) is 0.661. The molecule has 1 saturated heterocycles. The molecule has 0 N–H and O–H groups in total. The Bertz CT molecular complexity index is 1010. The molecule has 3 aromatic rings. The minimum atomic E-state index is -4.57. The fourth-order valence-corrected chi connectivity index (χ4v) is 3.54. The van der Waals surface area contributed by atoms with Crippen molar-refractivity contribution in [1.82, 2.24) is 23.6 Å². The highest BCUT2D eigenvalue weighted by molar-refractivity contribution is 7.00. The average Bonchev–Trinajstić information content (AvgIpc) is 3.15. The number of carbonyl (C=O) groups is 1. The number of aromatic nitrogens is 4. The third-order valence-corrected chi connectivity index (χ3v) is 4.92. The van der Waals surface area contributed by atoms with Crippen LogP contribution in [-0.2, 0) is 6.18 Å². The number of ether oxygens (including phenoxy) is 1. The van der Waals surface area contributed by atoms with Crippen molar-refractivity contribution in [2.24, 2.45) is 0 Å². The molecule has 1 aromatic carbocycles. The standard InChI is InChI=1S/C17H14F3N5O2S/c18-17(19,20)14-5-6-21-16(22-14)27-11-2-1-7-25(9-11)15(26)10-3-4-12-13(8-10)24-28-23-12/h3-6,8,11H,1-2,7,9H2. The van der Waals surface area contributed by atoms with Crippen molar-refractivity contribution < 1.29 is 22.7 Å². The Labute approximate surface area is 161 Å². The zero-order valence-electron chi connectivity index (χ0n) is 14.4. The summed E-state index contributed by atoms with van der Waals surface area (Å²) in [6.07, 6.45) is -2.79. The zero-order chi connectivity index (χ0) is 19.7. The van der Waals surface area contributed by atoms with E-state index in [1.54, 1.807) is 23.1 Å². The molecule has 0 spiro atoms. The Morgan fingerprint density at radius 2 is 2.04 bits per heavy atom. The Hall–Kier alpha value is -2.82. The third-order valence-electron chi connectivity index (χ3n) is 4.36. The Kier molecular flexibility index (Phi) is 4.84. The number of piperidine rings is 1. The van der Waals surface area contributed by atoms with Crippen molar-refractivity contribution in [3.63, 3.8) is 0 Å². The summed E-state index contributed by atoms with van der Waals surface area (Å²) in [4.78, 5) is 21.6. The molecule has 0 radical (unpaired) electrons. The van der Waals surface area contributed by atoms with Gasteiger partial charge in [0.1, 0.15) is 17.1 Å². The van der Waals surface area contributed by atoms with Gasteiger partial charge in [-0.25, -0.2) is 4.98 Å². The number of hydrogen-bond donors (Lipinski definition) is 0. The van der Waals surface area contributed by atoms with E-state index < -0.39 is 18.0 Å². The molecule has 3 heterocycles. The lowest BCUT2D eigenvalue weighted by Crippen LogP contribution is -2.44. The molecule has 146 valence electrons. The lowest BCUT2D eigenvalue weighted by atomic mass is 10.1. The van der Waals surface area contributed by atoms with Crippen molar-refractivity contribution >= 4 is 28.7 Å². The summed E-state index contributed by atoms with van der Waals surface area (Å²) < 4.78 is 52.1. The zero-order valence-corrected chi connectivity index (χ0v) is 15.2. The van der Waals surface area contributed by atoms with E-state index in [1.807, 2.05) is 0 Å². The maximum Gasteiger partial charge on any atom is 0.433 e. The van der Waals surface area contributed by atoms with Crippen LogP contribution in [0, 0.1) is 0 Å². The van der Waals surface area contributed by atoms with Crippen LogP contribution in [0.5, 0.6) is 6.01 Å². The molecule has 7 nitrogen and oxygen atoms in total. The van der Waals surface area contributed by atoms with Crippen molar-refractivity contribution in [3.05, 3.63) is 41.7 Å². The highest BCUT2D eigenvalue weighted by Gasteiger charge is 2.33. The fraction of sp³-hybridized carbons (Fsp3) is 0.353. The minimum absolute atomic E-state index is 0.187. The number of fused-ring (bicyclic) bond motifs is 1. The highest BCUT2D eigenvalue weighted by Crippen LogP contribution is 2.28. The number of amides is 1. The van der Waals surface area contributed by atoms with Gasteiger partial charge in [0.05, 0.1) is 18.3 Å². The number of hydrogen-bond acceptors (Lipinski definition) is 7. The second-order valence-corrected chi connectivity index (χ2v) is 6.85. The summed E-state index contributed by atoms with van der Waals surface area (Å²) in [5.74, 6) is -0.187. The molecule has 1 atom stereocenters. The molecule has 1 amide bonds. The molecule has 1 fully saturated rings. The summed E-state index contributed by atoms with van der Waals surface area (Å²) in [6, 6.07) is 5.55. The molecule has 1 unspecified atom stereocenters. The first-order chi connectivity index (χ1) is 13.4. The summed E-state index contributed by atoms with van der Waals surface area (Å²) in [6.45, 7) is 0.779. The number of nitrogens with zero attached hydrogens (tertiary/aromatic N) is 5. The smallest absolute Gasteiger partial charge is 0.433 e. The SMILES string of the molecule is O=C(c1ccc2nsnc2c1)N1CCCC(Oc2nccc(C(F)(F)F)n2)C1. The van der Waals surface area contributed by atoms with Gasteiger partial charge in [-0.3, -0.25) is 4.79 Å². The molecular formula is C17H14F3N5O2S. The van der Waals surface area contributed by atoms with E-state index in [0.717, 1.165) is 29.5 Å². The van der Waals surface area contributed by atoms with Crippen LogP contribution in [0.3, 0.4) is 0 Å². The first kappa shape index (κ1) is 18.5. The normalized spacial score (nSPS) is 17.7. The van der Waals surface area contributed by atoms with Gasteiger partial charge < -0.3 is 9.64 Å². The number of alkyl halides is 3. The minimum Gasteiger partial charge on any atom is -0.458 e. The number of halogens is 3. The van der Waals surface area contributed by atoms with Crippen LogP contribution in [0.15, 0.2) is 30.5 Å². The largest absolute Gasteiger partial charge is 0.458 e. The Balaban J connectivity index is 1.46. The van der Waals surface area contributed by atoms with Gasteiger partial charge in [0.2, 0.25) is 0 Å². The second kappa shape index (κ2) is 7.30. The van der Waals surface area contributed by atoms with Crippen molar-refractivity contribution in [1.29, 1.82) is 0 Å². The van der Waals surface area contributed by atoms with E-state index in [4.69, 9.17) is 4.74 Å². The van der Waals surface area contributed by atoms with Crippen molar-refractivity contribution in [2.45, 2.75) is 25.1 Å². The molecule has 1 aliphatic rings. The maximum absolute atomic E-state index is 12.8. The van der Waals surface area contributed by atoms with Crippen LogP contribution < -0.4 is 4.74 Å². The van der Waals surface area contributed by atoms with Gasteiger partial charge in [0, 0.05) is 18.3 Å². The first-order valence-corrected chi connectivity index (χ1v) is 9.22. The first-order valence-electron chi connectivity index (χ1n) is 8.48. The number of benzene rings is 1. The second-order valence-electron chi connectivity index (χ2n) is 6.32. The van der Waals surface area contributed by atoms with Gasteiger partial charge in [-0.1, -0.05) is 0 Å². The van der Waals surface area contributed by atoms with Crippen LogP contribution in [0.1, 0.15) is 28.9 Å². The molecule has 2 aromatic heterocycles. The number of carbonyl (C=O) groups excluding carboxylic acids is 1. The van der Waals surface area contributed by atoms with Crippen molar-refractivity contribution in [3.8, 4) is 6.01 Å². The molecule has 11 heteroatoms. The van der Waals surface area contributed by atoms with Gasteiger partial charge in [-0.05, 0) is 37.1 Å². The van der Waals surface area contributed by atoms with Crippen molar-refractivity contribution in [2.75, 3.05) is 13.1 Å². The summed E-state index contributed by atoms with van der Waals surface area (Å²) in [5, 5.41) is 0. The van der Waals surface area contributed by atoms with E-state index in [9.17, 15) is 18.0 Å². The molecule has 4 rings (SSSR count). The van der Waals surface area contributed by atoms with Crippen LogP contribution in [0.4, 0.5) is 13.2 Å². The monoisotopic (exact) mass is 409 g/mol. The van der Waals surface area contributed by atoms with Gasteiger partial charge in [0.15, 0.2) is 5.69 Å². The third kappa shape index (κ3) is 3.88. The molecule has 0 aliphatic carbocycles. The number of likely N-dealkylation sites (tertiary alicyclic amines) is 1. The van der Waals surface area contributed by atoms with Gasteiger partial charge in [0.25, 0.3) is 5.91 Å². The molecular weight excluding hydrogens is 395 g/mol. The molecule has 0 saturated carbocycles. The highest BCUT2D eigenvalue weighted by atomic mass is 32.1. The van der Waals surface area contributed by atoms with Gasteiger partial charge >= 0.3 is 12.2 Å².